The second-order valence-corrected chi connectivity index (χ2v) is 6.75. The van der Waals surface area contributed by atoms with Gasteiger partial charge in [-0.25, -0.2) is 0 Å². The van der Waals surface area contributed by atoms with Gasteiger partial charge in [0.25, 0.3) is 5.91 Å². The Morgan fingerprint density at radius 3 is 2.48 bits per heavy atom. The Balaban J connectivity index is 1.62. The maximum absolute atomic E-state index is 12.3. The van der Waals surface area contributed by atoms with E-state index in [1.807, 2.05) is 0 Å². The maximum Gasteiger partial charge on any atom is 0.251 e. The van der Waals surface area contributed by atoms with Crippen LogP contribution in [0.5, 0.6) is 0 Å². The van der Waals surface area contributed by atoms with Crippen molar-refractivity contribution in [1.82, 2.24) is 5.32 Å². The Morgan fingerprint density at radius 2 is 1.80 bits per heavy atom. The summed E-state index contributed by atoms with van der Waals surface area (Å²) in [4.78, 5) is 28.3. The average molecular weight is 340 g/mol. The van der Waals surface area contributed by atoms with E-state index in [-0.39, 0.29) is 23.5 Å². The molecule has 132 valence electrons. The number of aliphatic imine (C=N–C) groups is 1. The van der Waals surface area contributed by atoms with Crippen molar-refractivity contribution in [3.63, 3.8) is 0 Å². The van der Waals surface area contributed by atoms with Crippen LogP contribution >= 0.6 is 0 Å². The first-order valence-corrected chi connectivity index (χ1v) is 9.04. The SMILES string of the molecule is O=C1CCCC(O)=C1C=Nc1ccc(C(=O)NC2CCCCC2)cc1. The molecule has 1 aromatic carbocycles. The number of carbonyl (C=O) groups excluding carboxylic acids is 2. The molecule has 0 saturated heterocycles. The molecular formula is C20H24N2O3. The van der Waals surface area contributed by atoms with E-state index in [0.717, 1.165) is 12.8 Å². The van der Waals surface area contributed by atoms with Crippen LogP contribution in [-0.2, 0) is 4.79 Å². The molecule has 25 heavy (non-hydrogen) atoms. The number of amides is 1. The molecule has 3 rings (SSSR count). The quantitative estimate of drug-likeness (QED) is 0.813. The van der Waals surface area contributed by atoms with E-state index in [0.29, 0.717) is 36.1 Å². The minimum Gasteiger partial charge on any atom is -0.512 e. The number of benzene rings is 1. The van der Waals surface area contributed by atoms with Crippen molar-refractivity contribution < 1.29 is 14.7 Å². The van der Waals surface area contributed by atoms with Gasteiger partial charge in [-0.1, -0.05) is 19.3 Å². The van der Waals surface area contributed by atoms with E-state index >= 15 is 0 Å². The fourth-order valence-electron chi connectivity index (χ4n) is 3.35. The lowest BCUT2D eigenvalue weighted by Crippen LogP contribution is -2.36. The number of ketones is 1. The normalized spacial score (nSPS) is 19.4. The summed E-state index contributed by atoms with van der Waals surface area (Å²) in [6.07, 6.45) is 8.81. The molecule has 0 aliphatic heterocycles. The maximum atomic E-state index is 12.3. The van der Waals surface area contributed by atoms with E-state index < -0.39 is 0 Å². The summed E-state index contributed by atoms with van der Waals surface area (Å²) in [5.74, 6) is -0.00954. The molecule has 2 aliphatic rings. The van der Waals surface area contributed by atoms with E-state index in [1.54, 1.807) is 24.3 Å². The van der Waals surface area contributed by atoms with Gasteiger partial charge in [0.1, 0.15) is 5.76 Å². The summed E-state index contributed by atoms with van der Waals surface area (Å²) in [5, 5.41) is 12.9. The molecule has 0 heterocycles. The van der Waals surface area contributed by atoms with Gasteiger partial charge in [-0.15, -0.1) is 0 Å². The molecule has 0 spiro atoms. The first kappa shape index (κ1) is 17.4. The second-order valence-electron chi connectivity index (χ2n) is 6.75. The zero-order chi connectivity index (χ0) is 17.6. The zero-order valence-corrected chi connectivity index (χ0v) is 14.3. The molecule has 1 fully saturated rings. The first-order valence-electron chi connectivity index (χ1n) is 9.04. The standard InChI is InChI=1S/C20H24N2O3/c23-18-7-4-8-19(24)17(18)13-21-15-11-9-14(10-12-15)20(25)22-16-5-2-1-3-6-16/h9-13,16,23H,1-8H2,(H,22,25). The number of hydrogen-bond donors (Lipinski definition) is 2. The molecule has 0 radical (unpaired) electrons. The highest BCUT2D eigenvalue weighted by atomic mass is 16.3. The van der Waals surface area contributed by atoms with Crippen molar-refractivity contribution in [1.29, 1.82) is 0 Å². The summed E-state index contributed by atoms with van der Waals surface area (Å²) in [7, 11) is 0. The summed E-state index contributed by atoms with van der Waals surface area (Å²) in [5.41, 5.74) is 1.55. The molecule has 5 heteroatoms. The van der Waals surface area contributed by atoms with Crippen LogP contribution in [0.15, 0.2) is 40.6 Å². The highest BCUT2D eigenvalue weighted by Crippen LogP contribution is 2.21. The molecule has 0 unspecified atom stereocenters. The molecule has 0 bridgehead atoms. The molecule has 1 amide bonds. The minimum absolute atomic E-state index is 0.0507. The third-order valence-electron chi connectivity index (χ3n) is 4.84. The van der Waals surface area contributed by atoms with Gasteiger partial charge in [0.15, 0.2) is 5.78 Å². The van der Waals surface area contributed by atoms with Gasteiger partial charge < -0.3 is 10.4 Å². The summed E-state index contributed by atoms with van der Waals surface area (Å²) < 4.78 is 0. The number of allylic oxidation sites excluding steroid dienone is 2. The molecule has 1 saturated carbocycles. The third kappa shape index (κ3) is 4.56. The van der Waals surface area contributed by atoms with Gasteiger partial charge in [0.05, 0.1) is 11.3 Å². The number of rotatable bonds is 4. The lowest BCUT2D eigenvalue weighted by atomic mass is 9.95. The molecule has 0 atom stereocenters. The van der Waals surface area contributed by atoms with Crippen LogP contribution in [0.25, 0.3) is 0 Å². The van der Waals surface area contributed by atoms with Gasteiger partial charge in [-0.05, 0) is 43.5 Å². The Kier molecular flexibility index (Phi) is 5.64. The lowest BCUT2D eigenvalue weighted by molar-refractivity contribution is -0.115. The number of carbonyl (C=O) groups is 2. The highest BCUT2D eigenvalue weighted by molar-refractivity contribution is 6.14. The van der Waals surface area contributed by atoms with Crippen LogP contribution in [0.3, 0.4) is 0 Å². The van der Waals surface area contributed by atoms with Crippen molar-refractivity contribution in [3.8, 4) is 0 Å². The molecule has 5 nitrogen and oxygen atoms in total. The average Bonchev–Trinajstić information content (AvgIpc) is 2.62. The summed E-state index contributed by atoms with van der Waals surface area (Å²) >= 11 is 0. The zero-order valence-electron chi connectivity index (χ0n) is 14.3. The third-order valence-corrected chi connectivity index (χ3v) is 4.84. The van der Waals surface area contributed by atoms with Crippen LogP contribution in [-0.4, -0.2) is 29.1 Å². The number of hydrogen-bond acceptors (Lipinski definition) is 4. The largest absolute Gasteiger partial charge is 0.512 e. The van der Waals surface area contributed by atoms with E-state index in [4.69, 9.17) is 0 Å². The van der Waals surface area contributed by atoms with E-state index in [2.05, 4.69) is 10.3 Å². The molecule has 0 aromatic heterocycles. The van der Waals surface area contributed by atoms with Gasteiger partial charge in [-0.3, -0.25) is 14.6 Å². The fraction of sp³-hybridized carbons (Fsp3) is 0.450. The lowest BCUT2D eigenvalue weighted by Gasteiger charge is -2.22. The predicted octanol–water partition coefficient (Wildman–Crippen LogP) is 4.02. The number of aliphatic hydroxyl groups is 1. The van der Waals surface area contributed by atoms with Gasteiger partial charge in [0, 0.05) is 30.7 Å². The van der Waals surface area contributed by atoms with E-state index in [9.17, 15) is 14.7 Å². The minimum atomic E-state index is -0.0732. The van der Waals surface area contributed by atoms with Crippen LogP contribution in [0.4, 0.5) is 5.69 Å². The Labute approximate surface area is 147 Å². The summed E-state index contributed by atoms with van der Waals surface area (Å²) in [6.45, 7) is 0. The van der Waals surface area contributed by atoms with Gasteiger partial charge in [-0.2, -0.15) is 0 Å². The first-order chi connectivity index (χ1) is 12.1. The Hall–Kier alpha value is -2.43. The van der Waals surface area contributed by atoms with Crippen molar-refractivity contribution in [2.75, 3.05) is 0 Å². The Bertz CT molecular complexity index is 698. The van der Waals surface area contributed by atoms with Crippen LogP contribution in [0.2, 0.25) is 0 Å². The number of nitrogens with one attached hydrogen (secondary N) is 1. The second kappa shape index (κ2) is 8.10. The predicted molar refractivity (Wildman–Crippen MR) is 97.4 cm³/mol. The fourth-order valence-corrected chi connectivity index (χ4v) is 3.35. The van der Waals surface area contributed by atoms with Crippen molar-refractivity contribution in [2.24, 2.45) is 4.99 Å². The van der Waals surface area contributed by atoms with Crippen molar-refractivity contribution >= 4 is 23.6 Å². The van der Waals surface area contributed by atoms with Crippen LogP contribution in [0.1, 0.15) is 61.7 Å². The molecular weight excluding hydrogens is 316 g/mol. The smallest absolute Gasteiger partial charge is 0.251 e. The highest BCUT2D eigenvalue weighted by Gasteiger charge is 2.18. The number of nitrogens with zero attached hydrogens (tertiary/aromatic N) is 1. The number of aliphatic hydroxyl groups excluding tert-OH is 1. The molecule has 1 aromatic rings. The van der Waals surface area contributed by atoms with Crippen LogP contribution in [0, 0.1) is 0 Å². The molecule has 2 N–H and O–H groups in total. The van der Waals surface area contributed by atoms with Crippen molar-refractivity contribution in [3.05, 3.63) is 41.2 Å². The van der Waals surface area contributed by atoms with Gasteiger partial charge >= 0.3 is 0 Å². The topological polar surface area (TPSA) is 78.8 Å². The summed E-state index contributed by atoms with van der Waals surface area (Å²) in [6, 6.07) is 7.25. The van der Waals surface area contributed by atoms with Gasteiger partial charge in [0.2, 0.25) is 0 Å². The Morgan fingerprint density at radius 1 is 1.08 bits per heavy atom. The molecule has 2 aliphatic carbocycles. The number of Topliss-reactive ketones (excluding diaryl/α,β-unsaturated/α-hetero) is 1. The van der Waals surface area contributed by atoms with Crippen molar-refractivity contribution in [2.45, 2.75) is 57.4 Å². The van der Waals surface area contributed by atoms with E-state index in [1.165, 1.54) is 25.5 Å². The monoisotopic (exact) mass is 340 g/mol. The van der Waals surface area contributed by atoms with Crippen LogP contribution < -0.4 is 5.32 Å².